The zero-order chi connectivity index (χ0) is 13.5. The van der Waals surface area contributed by atoms with Crippen LogP contribution in [-0.4, -0.2) is 11.5 Å². The molecule has 0 radical (unpaired) electrons. The number of rotatable bonds is 7. The third kappa shape index (κ3) is 3.98. The second-order valence-corrected chi connectivity index (χ2v) is 4.75. The van der Waals surface area contributed by atoms with E-state index in [-0.39, 0.29) is 5.69 Å². The van der Waals surface area contributed by atoms with E-state index in [9.17, 15) is 10.1 Å². The van der Waals surface area contributed by atoms with E-state index < -0.39 is 4.92 Å². The number of ether oxygens (including phenoxy) is 1. The van der Waals surface area contributed by atoms with Crippen molar-refractivity contribution in [2.75, 3.05) is 6.61 Å². The van der Waals surface area contributed by atoms with Gasteiger partial charge in [0, 0.05) is 11.4 Å². The molecule has 5 heteroatoms. The van der Waals surface area contributed by atoms with Gasteiger partial charge in [0.25, 0.3) is 0 Å². The number of hydrogen-bond acceptors (Lipinski definition) is 3. The predicted molar refractivity (Wildman–Crippen MR) is 75.3 cm³/mol. The summed E-state index contributed by atoms with van der Waals surface area (Å²) in [6.45, 7) is 4.72. The van der Waals surface area contributed by atoms with E-state index >= 15 is 0 Å². The van der Waals surface area contributed by atoms with Crippen LogP contribution in [0.15, 0.2) is 18.2 Å². The van der Waals surface area contributed by atoms with Crippen molar-refractivity contribution in [2.45, 2.75) is 32.0 Å². The number of nitro groups is 1. The number of nitrogens with zero attached hydrogens (tertiary/aromatic N) is 1. The number of benzene rings is 1. The number of alkyl halides is 1. The maximum Gasteiger partial charge on any atom is 0.311 e. The molecule has 0 bridgehead atoms. The first kappa shape index (κ1) is 15.0. The molecular weight excluding hydrogens is 298 g/mol. The number of nitro benzene ring substituents is 1. The fourth-order valence-corrected chi connectivity index (χ4v) is 1.99. The molecule has 0 saturated heterocycles. The first-order valence-corrected chi connectivity index (χ1v) is 7.20. The molecule has 0 saturated carbocycles. The van der Waals surface area contributed by atoms with Gasteiger partial charge in [0.15, 0.2) is 5.75 Å². The average molecular weight is 316 g/mol. The van der Waals surface area contributed by atoms with Gasteiger partial charge in [-0.3, -0.25) is 10.1 Å². The van der Waals surface area contributed by atoms with Gasteiger partial charge in [0.2, 0.25) is 0 Å². The summed E-state index contributed by atoms with van der Waals surface area (Å²) in [7, 11) is 0. The smallest absolute Gasteiger partial charge is 0.311 e. The summed E-state index contributed by atoms with van der Waals surface area (Å²) in [5.41, 5.74) is 0.912. The van der Waals surface area contributed by atoms with Crippen LogP contribution >= 0.6 is 15.9 Å². The highest BCUT2D eigenvalue weighted by Crippen LogP contribution is 2.29. The second-order valence-electron chi connectivity index (χ2n) is 4.19. The lowest BCUT2D eigenvalue weighted by Crippen LogP contribution is -2.11. The molecule has 0 aromatic heterocycles. The molecule has 0 unspecified atom stereocenters. The molecule has 1 aromatic carbocycles. The van der Waals surface area contributed by atoms with Crippen LogP contribution in [-0.2, 0) is 5.33 Å². The SMILES string of the molecule is CCC(CC)COc1ccc(CBr)cc1[N+](=O)[O-]. The lowest BCUT2D eigenvalue weighted by molar-refractivity contribution is -0.386. The van der Waals surface area contributed by atoms with Gasteiger partial charge in [-0.25, -0.2) is 0 Å². The third-order valence-electron chi connectivity index (χ3n) is 3.00. The highest BCUT2D eigenvalue weighted by Gasteiger charge is 2.16. The Morgan fingerprint density at radius 2 is 2.06 bits per heavy atom. The Bertz CT molecular complexity index is 405. The van der Waals surface area contributed by atoms with Crippen LogP contribution in [0.2, 0.25) is 0 Å². The Labute approximate surface area is 116 Å². The summed E-state index contributed by atoms with van der Waals surface area (Å²) in [4.78, 5) is 10.6. The Hall–Kier alpha value is -1.10. The molecular formula is C13H18BrNO3. The fourth-order valence-electron chi connectivity index (χ4n) is 1.64. The van der Waals surface area contributed by atoms with Crippen molar-refractivity contribution in [1.29, 1.82) is 0 Å². The summed E-state index contributed by atoms with van der Waals surface area (Å²) in [5, 5.41) is 11.6. The largest absolute Gasteiger partial charge is 0.487 e. The highest BCUT2D eigenvalue weighted by atomic mass is 79.9. The Morgan fingerprint density at radius 3 is 2.56 bits per heavy atom. The quantitative estimate of drug-likeness (QED) is 0.428. The van der Waals surface area contributed by atoms with Crippen molar-refractivity contribution in [3.8, 4) is 5.75 Å². The Balaban J connectivity index is 2.84. The van der Waals surface area contributed by atoms with Crippen molar-refractivity contribution in [3.63, 3.8) is 0 Å². The van der Waals surface area contributed by atoms with E-state index in [1.54, 1.807) is 12.1 Å². The lowest BCUT2D eigenvalue weighted by atomic mass is 10.1. The van der Waals surface area contributed by atoms with Crippen LogP contribution in [0.1, 0.15) is 32.3 Å². The predicted octanol–water partition coefficient (Wildman–Crippen LogP) is 4.30. The molecule has 0 N–H and O–H groups in total. The van der Waals surface area contributed by atoms with Crippen LogP contribution in [0.25, 0.3) is 0 Å². The molecule has 0 spiro atoms. The summed E-state index contributed by atoms with van der Waals surface area (Å²) < 4.78 is 5.58. The van der Waals surface area contributed by atoms with Gasteiger partial charge in [0.05, 0.1) is 11.5 Å². The molecule has 1 rings (SSSR count). The highest BCUT2D eigenvalue weighted by molar-refractivity contribution is 9.08. The first-order chi connectivity index (χ1) is 8.62. The molecule has 4 nitrogen and oxygen atoms in total. The van der Waals surface area contributed by atoms with Gasteiger partial charge in [-0.1, -0.05) is 48.7 Å². The van der Waals surface area contributed by atoms with E-state index in [4.69, 9.17) is 4.74 Å². The zero-order valence-electron chi connectivity index (χ0n) is 10.7. The van der Waals surface area contributed by atoms with Gasteiger partial charge >= 0.3 is 5.69 Å². The molecule has 1 aromatic rings. The third-order valence-corrected chi connectivity index (χ3v) is 3.65. The minimum absolute atomic E-state index is 0.0397. The number of halogens is 1. The molecule has 0 aliphatic carbocycles. The van der Waals surface area contributed by atoms with Crippen LogP contribution in [0.4, 0.5) is 5.69 Å². The Morgan fingerprint density at radius 1 is 1.39 bits per heavy atom. The molecule has 18 heavy (non-hydrogen) atoms. The summed E-state index contributed by atoms with van der Waals surface area (Å²) in [6, 6.07) is 5.07. The molecule has 0 atom stereocenters. The van der Waals surface area contributed by atoms with Gasteiger partial charge in [-0.15, -0.1) is 0 Å². The topological polar surface area (TPSA) is 52.4 Å². The first-order valence-electron chi connectivity index (χ1n) is 6.08. The lowest BCUT2D eigenvalue weighted by Gasteiger charge is -2.14. The van der Waals surface area contributed by atoms with Crippen LogP contribution in [0, 0.1) is 16.0 Å². The molecule has 0 aliphatic rings. The van der Waals surface area contributed by atoms with E-state index in [1.807, 2.05) is 6.07 Å². The van der Waals surface area contributed by atoms with E-state index in [1.165, 1.54) is 0 Å². The molecule has 100 valence electrons. The van der Waals surface area contributed by atoms with Crippen molar-refractivity contribution in [2.24, 2.45) is 5.92 Å². The fraction of sp³-hybridized carbons (Fsp3) is 0.538. The second kappa shape index (κ2) is 7.36. The van der Waals surface area contributed by atoms with Gasteiger partial charge in [-0.05, 0) is 17.5 Å². The van der Waals surface area contributed by atoms with E-state index in [0.29, 0.717) is 23.6 Å². The van der Waals surface area contributed by atoms with Crippen molar-refractivity contribution in [1.82, 2.24) is 0 Å². The van der Waals surface area contributed by atoms with Crippen molar-refractivity contribution in [3.05, 3.63) is 33.9 Å². The van der Waals surface area contributed by atoms with Crippen LogP contribution in [0.5, 0.6) is 5.75 Å². The maximum atomic E-state index is 11.0. The minimum atomic E-state index is -0.394. The molecule has 0 heterocycles. The van der Waals surface area contributed by atoms with E-state index in [0.717, 1.165) is 18.4 Å². The van der Waals surface area contributed by atoms with Gasteiger partial charge in [-0.2, -0.15) is 0 Å². The summed E-state index contributed by atoms with van der Waals surface area (Å²) >= 11 is 3.29. The van der Waals surface area contributed by atoms with Crippen LogP contribution in [0.3, 0.4) is 0 Å². The number of hydrogen-bond donors (Lipinski definition) is 0. The summed E-state index contributed by atoms with van der Waals surface area (Å²) in [6.07, 6.45) is 2.04. The standard InChI is InChI=1S/C13H18BrNO3/c1-3-10(4-2)9-18-13-6-5-11(8-14)7-12(13)15(16)17/h5-7,10H,3-4,8-9H2,1-2H3. The normalized spacial score (nSPS) is 10.7. The minimum Gasteiger partial charge on any atom is -0.487 e. The maximum absolute atomic E-state index is 11.0. The zero-order valence-corrected chi connectivity index (χ0v) is 12.3. The van der Waals surface area contributed by atoms with Crippen molar-refractivity contribution >= 4 is 21.6 Å². The monoisotopic (exact) mass is 315 g/mol. The van der Waals surface area contributed by atoms with Gasteiger partial charge in [0.1, 0.15) is 0 Å². The van der Waals surface area contributed by atoms with Crippen molar-refractivity contribution < 1.29 is 9.66 Å². The molecule has 0 aliphatic heterocycles. The Kier molecular flexibility index (Phi) is 6.12. The van der Waals surface area contributed by atoms with Crippen LogP contribution < -0.4 is 4.74 Å². The van der Waals surface area contributed by atoms with E-state index in [2.05, 4.69) is 29.8 Å². The summed E-state index contributed by atoms with van der Waals surface area (Å²) in [5.74, 6) is 0.803. The van der Waals surface area contributed by atoms with Gasteiger partial charge < -0.3 is 4.74 Å². The molecule has 0 amide bonds. The molecule has 0 fully saturated rings. The average Bonchev–Trinajstić information content (AvgIpc) is 2.39.